The van der Waals surface area contributed by atoms with Gasteiger partial charge < -0.3 is 10.0 Å². The maximum Gasteiger partial charge on any atom is 0.134 e. The van der Waals surface area contributed by atoms with E-state index in [2.05, 4.69) is 9.88 Å². The molecule has 1 aliphatic carbocycles. The van der Waals surface area contributed by atoms with Crippen LogP contribution in [0.15, 0.2) is 18.3 Å². The van der Waals surface area contributed by atoms with Crippen molar-refractivity contribution in [3.05, 3.63) is 23.9 Å². The van der Waals surface area contributed by atoms with Crippen molar-refractivity contribution in [2.75, 3.05) is 18.5 Å². The topological polar surface area (TPSA) is 36.4 Å². The Morgan fingerprint density at radius 2 is 2.33 bits per heavy atom. The molecular formula is C12H18N2O. The maximum atomic E-state index is 9.64. The average Bonchev–Trinajstić information content (AvgIpc) is 3.01. The highest BCUT2D eigenvalue weighted by molar-refractivity contribution is 5.47. The summed E-state index contributed by atoms with van der Waals surface area (Å²) < 4.78 is 0. The van der Waals surface area contributed by atoms with Gasteiger partial charge in [0.1, 0.15) is 5.82 Å². The van der Waals surface area contributed by atoms with Crippen LogP contribution in [0, 0.1) is 5.92 Å². The molecule has 0 spiro atoms. The Morgan fingerprint density at radius 1 is 1.60 bits per heavy atom. The summed E-state index contributed by atoms with van der Waals surface area (Å²) in [4.78, 5) is 6.50. The van der Waals surface area contributed by atoms with E-state index in [0.29, 0.717) is 0 Å². The normalized spacial score (nSPS) is 17.5. The minimum atomic E-state index is -0.449. The van der Waals surface area contributed by atoms with Crippen molar-refractivity contribution in [3.63, 3.8) is 0 Å². The van der Waals surface area contributed by atoms with Gasteiger partial charge in [0.2, 0.25) is 0 Å². The largest absolute Gasteiger partial charge is 0.389 e. The Hall–Kier alpha value is -1.09. The van der Waals surface area contributed by atoms with Gasteiger partial charge in [0.05, 0.1) is 6.10 Å². The molecule has 0 aromatic carbocycles. The summed E-state index contributed by atoms with van der Waals surface area (Å²) in [6.07, 6.45) is 4.00. The van der Waals surface area contributed by atoms with Gasteiger partial charge in [-0.2, -0.15) is 0 Å². The molecule has 1 saturated carbocycles. The lowest BCUT2D eigenvalue weighted by molar-refractivity contribution is 0.199. The summed E-state index contributed by atoms with van der Waals surface area (Å²) in [5.41, 5.74) is 0.917. The van der Waals surface area contributed by atoms with Crippen LogP contribution in [0.2, 0.25) is 0 Å². The van der Waals surface area contributed by atoms with Crippen LogP contribution >= 0.6 is 0 Å². The molecule has 0 saturated heterocycles. The minimum absolute atomic E-state index is 0.449. The number of nitrogens with zero attached hydrogens (tertiary/aromatic N) is 2. The first kappa shape index (κ1) is 10.4. The molecule has 15 heavy (non-hydrogen) atoms. The van der Waals surface area contributed by atoms with E-state index in [1.54, 1.807) is 13.1 Å². The van der Waals surface area contributed by atoms with Crippen molar-refractivity contribution in [2.24, 2.45) is 5.92 Å². The molecule has 82 valence electrons. The van der Waals surface area contributed by atoms with Gasteiger partial charge in [0.15, 0.2) is 0 Å². The third-order valence-corrected chi connectivity index (χ3v) is 2.86. The molecule has 1 heterocycles. The lowest BCUT2D eigenvalue weighted by Crippen LogP contribution is -2.22. The third kappa shape index (κ3) is 2.48. The number of aliphatic hydroxyl groups is 1. The van der Waals surface area contributed by atoms with Crippen LogP contribution in [0.5, 0.6) is 0 Å². The van der Waals surface area contributed by atoms with Crippen molar-refractivity contribution in [2.45, 2.75) is 25.9 Å². The quantitative estimate of drug-likeness (QED) is 0.818. The molecule has 1 aliphatic rings. The second-order valence-corrected chi connectivity index (χ2v) is 4.42. The van der Waals surface area contributed by atoms with E-state index in [4.69, 9.17) is 0 Å². The van der Waals surface area contributed by atoms with Crippen LogP contribution in [-0.4, -0.2) is 23.7 Å². The first-order valence-electron chi connectivity index (χ1n) is 5.52. The molecular weight excluding hydrogens is 188 g/mol. The molecule has 0 bridgehead atoms. The number of hydrogen-bond acceptors (Lipinski definition) is 3. The van der Waals surface area contributed by atoms with Crippen molar-refractivity contribution in [3.8, 4) is 0 Å². The van der Waals surface area contributed by atoms with Gasteiger partial charge in [-0.25, -0.2) is 4.98 Å². The molecule has 1 N–H and O–H groups in total. The smallest absolute Gasteiger partial charge is 0.134 e. The molecule has 0 radical (unpaired) electrons. The fourth-order valence-electron chi connectivity index (χ4n) is 1.83. The van der Waals surface area contributed by atoms with E-state index in [1.165, 1.54) is 12.8 Å². The van der Waals surface area contributed by atoms with Crippen molar-refractivity contribution in [1.29, 1.82) is 0 Å². The zero-order valence-electron chi connectivity index (χ0n) is 9.35. The molecule has 1 fully saturated rings. The number of rotatable bonds is 4. The highest BCUT2D eigenvalue weighted by Gasteiger charge is 2.24. The fourth-order valence-corrected chi connectivity index (χ4v) is 1.83. The minimum Gasteiger partial charge on any atom is -0.389 e. The number of aromatic nitrogens is 1. The van der Waals surface area contributed by atoms with Gasteiger partial charge in [0.25, 0.3) is 0 Å². The van der Waals surface area contributed by atoms with Crippen molar-refractivity contribution in [1.82, 2.24) is 4.98 Å². The second kappa shape index (κ2) is 4.19. The number of pyridine rings is 1. The third-order valence-electron chi connectivity index (χ3n) is 2.86. The standard InChI is InChI=1S/C12H18N2O/c1-9(15)11-4-3-7-13-12(11)14(2)8-10-5-6-10/h3-4,7,9-10,15H,5-6,8H2,1-2H3/t9-/m1/s1. The summed E-state index contributed by atoms with van der Waals surface area (Å²) in [6.45, 7) is 2.84. The first-order valence-corrected chi connectivity index (χ1v) is 5.52. The van der Waals surface area contributed by atoms with E-state index in [-0.39, 0.29) is 0 Å². The van der Waals surface area contributed by atoms with Gasteiger partial charge >= 0.3 is 0 Å². The van der Waals surface area contributed by atoms with Crippen LogP contribution in [0.4, 0.5) is 5.82 Å². The van der Waals surface area contributed by atoms with E-state index >= 15 is 0 Å². The summed E-state index contributed by atoms with van der Waals surface area (Å²) in [6, 6.07) is 3.81. The lowest BCUT2D eigenvalue weighted by Gasteiger charge is -2.21. The van der Waals surface area contributed by atoms with Gasteiger partial charge in [-0.1, -0.05) is 6.07 Å². The summed E-state index contributed by atoms with van der Waals surface area (Å²) in [5, 5.41) is 9.64. The molecule has 1 aromatic rings. The van der Waals surface area contributed by atoms with Gasteiger partial charge in [-0.05, 0) is 31.7 Å². The van der Waals surface area contributed by atoms with Gasteiger partial charge in [0, 0.05) is 25.4 Å². The van der Waals surface area contributed by atoms with Crippen LogP contribution in [0.3, 0.4) is 0 Å². The monoisotopic (exact) mass is 206 g/mol. The Bertz CT molecular complexity index is 334. The van der Waals surface area contributed by atoms with Crippen LogP contribution < -0.4 is 4.90 Å². The molecule has 2 rings (SSSR count). The van der Waals surface area contributed by atoms with E-state index < -0.39 is 6.10 Å². The Balaban J connectivity index is 2.16. The number of aliphatic hydroxyl groups excluding tert-OH is 1. The number of anilines is 1. The molecule has 0 aliphatic heterocycles. The zero-order valence-corrected chi connectivity index (χ0v) is 9.35. The average molecular weight is 206 g/mol. The highest BCUT2D eigenvalue weighted by Crippen LogP contribution is 2.32. The maximum absolute atomic E-state index is 9.64. The van der Waals surface area contributed by atoms with E-state index in [1.807, 2.05) is 19.2 Å². The van der Waals surface area contributed by atoms with E-state index in [0.717, 1.165) is 23.8 Å². The van der Waals surface area contributed by atoms with Crippen molar-refractivity contribution >= 4 is 5.82 Å². The SMILES string of the molecule is C[C@@H](O)c1cccnc1N(C)CC1CC1. The predicted molar refractivity (Wildman–Crippen MR) is 60.9 cm³/mol. The summed E-state index contributed by atoms with van der Waals surface area (Å²) >= 11 is 0. The van der Waals surface area contributed by atoms with Crippen molar-refractivity contribution < 1.29 is 5.11 Å². The van der Waals surface area contributed by atoms with Gasteiger partial charge in [-0.3, -0.25) is 0 Å². The molecule has 0 amide bonds. The zero-order chi connectivity index (χ0) is 10.8. The summed E-state index contributed by atoms with van der Waals surface area (Å²) in [7, 11) is 2.05. The van der Waals surface area contributed by atoms with E-state index in [9.17, 15) is 5.11 Å². The van der Waals surface area contributed by atoms with Crippen LogP contribution in [0.25, 0.3) is 0 Å². The summed E-state index contributed by atoms with van der Waals surface area (Å²) in [5.74, 6) is 1.75. The Kier molecular flexibility index (Phi) is 2.91. The van der Waals surface area contributed by atoms with Gasteiger partial charge in [-0.15, -0.1) is 0 Å². The van der Waals surface area contributed by atoms with Crippen LogP contribution in [0.1, 0.15) is 31.4 Å². The first-order chi connectivity index (χ1) is 7.18. The fraction of sp³-hybridized carbons (Fsp3) is 0.583. The molecule has 3 heteroatoms. The molecule has 3 nitrogen and oxygen atoms in total. The Morgan fingerprint density at radius 3 is 2.93 bits per heavy atom. The van der Waals surface area contributed by atoms with Crippen LogP contribution in [-0.2, 0) is 0 Å². The Labute approximate surface area is 90.8 Å². The number of hydrogen-bond donors (Lipinski definition) is 1. The second-order valence-electron chi connectivity index (χ2n) is 4.42. The predicted octanol–water partition coefficient (Wildman–Crippen LogP) is 1.98. The molecule has 0 unspecified atom stereocenters. The highest BCUT2D eigenvalue weighted by atomic mass is 16.3. The lowest BCUT2D eigenvalue weighted by atomic mass is 10.1. The molecule has 1 aromatic heterocycles. The molecule has 1 atom stereocenters.